The zero-order valence-corrected chi connectivity index (χ0v) is 17.2. The molecule has 25 heavy (non-hydrogen) atoms. The molecule has 149 valence electrons. The fourth-order valence-corrected chi connectivity index (χ4v) is 3.26. The molecule has 2 nitrogen and oxygen atoms in total. The summed E-state index contributed by atoms with van der Waals surface area (Å²) in [5.74, 6) is -0.174. The summed E-state index contributed by atoms with van der Waals surface area (Å²) in [7, 11) is 0. The van der Waals surface area contributed by atoms with Crippen LogP contribution in [0.25, 0.3) is 0 Å². The lowest BCUT2D eigenvalue weighted by Gasteiger charge is -2.04. The largest absolute Gasteiger partial charge is 0.466 e. The molecule has 0 rings (SSSR count). The van der Waals surface area contributed by atoms with E-state index >= 15 is 0 Å². The molecule has 0 heterocycles. The van der Waals surface area contributed by atoms with E-state index in [2.05, 4.69) is 13.8 Å². The van der Waals surface area contributed by atoms with Crippen molar-refractivity contribution in [1.82, 2.24) is 0 Å². The van der Waals surface area contributed by atoms with Crippen molar-refractivity contribution in [2.24, 2.45) is 0 Å². The van der Waals surface area contributed by atoms with Gasteiger partial charge in [-0.25, -0.2) is 0 Å². The van der Waals surface area contributed by atoms with Crippen LogP contribution in [-0.2, 0) is 9.53 Å². The van der Waals surface area contributed by atoms with E-state index in [-0.39, 0.29) is 12.4 Å². The normalized spacial score (nSPS) is 11.0. The highest BCUT2D eigenvalue weighted by atomic mass is 16.5. The van der Waals surface area contributed by atoms with Gasteiger partial charge in [-0.05, 0) is 13.3 Å². The fraction of sp³-hybridized carbons (Fsp3) is 0.913. The van der Waals surface area contributed by atoms with E-state index in [0.717, 1.165) is 6.42 Å². The van der Waals surface area contributed by atoms with Crippen LogP contribution in [0.3, 0.4) is 0 Å². The Balaban J connectivity index is 2.99. The average molecular weight is 354 g/mol. The summed E-state index contributed by atoms with van der Waals surface area (Å²) >= 11 is 0. The molecule has 0 fully saturated rings. The molecule has 1 radical (unpaired) electrons. The SMILES string of the molecule is [CH2]CC(=O)OCCCCCCCCCCCCCCCCCCCC. The Hall–Kier alpha value is -0.530. The van der Waals surface area contributed by atoms with E-state index in [1.165, 1.54) is 109 Å². The van der Waals surface area contributed by atoms with Crippen LogP contribution in [0.2, 0.25) is 0 Å². The van der Waals surface area contributed by atoms with Crippen molar-refractivity contribution in [3.8, 4) is 0 Å². The minimum Gasteiger partial charge on any atom is -0.466 e. The third kappa shape index (κ3) is 21.4. The van der Waals surface area contributed by atoms with Crippen LogP contribution in [0.1, 0.15) is 129 Å². The van der Waals surface area contributed by atoms with E-state index in [4.69, 9.17) is 4.74 Å². The van der Waals surface area contributed by atoms with Gasteiger partial charge >= 0.3 is 5.97 Å². The summed E-state index contributed by atoms with van der Waals surface area (Å²) in [4.78, 5) is 10.9. The molecule has 2 heteroatoms. The van der Waals surface area contributed by atoms with Gasteiger partial charge in [0.05, 0.1) is 6.61 Å². The van der Waals surface area contributed by atoms with Gasteiger partial charge in [0.15, 0.2) is 0 Å². The van der Waals surface area contributed by atoms with Gasteiger partial charge in [0.25, 0.3) is 0 Å². The van der Waals surface area contributed by atoms with Crippen molar-refractivity contribution in [3.05, 3.63) is 6.92 Å². The van der Waals surface area contributed by atoms with Crippen molar-refractivity contribution >= 4 is 5.97 Å². The number of unbranched alkanes of at least 4 members (excludes halogenated alkanes) is 17. The van der Waals surface area contributed by atoms with Gasteiger partial charge in [-0.3, -0.25) is 4.79 Å². The second kappa shape index (κ2) is 21.5. The van der Waals surface area contributed by atoms with Crippen LogP contribution in [-0.4, -0.2) is 12.6 Å². The fourth-order valence-electron chi connectivity index (χ4n) is 3.26. The summed E-state index contributed by atoms with van der Waals surface area (Å²) in [6, 6.07) is 0. The standard InChI is InChI=1S/C23H45O2/c1-3-5-6-7-8-9-10-11-12-13-14-15-16-17-18-19-20-21-22-25-23(24)4-2/h2-22H2,1H3. The second-order valence-electron chi connectivity index (χ2n) is 7.48. The average Bonchev–Trinajstić information content (AvgIpc) is 2.63. The van der Waals surface area contributed by atoms with E-state index in [1.807, 2.05) is 0 Å². The van der Waals surface area contributed by atoms with E-state index in [9.17, 15) is 4.79 Å². The predicted octanol–water partition coefficient (Wildman–Crippen LogP) is 7.80. The van der Waals surface area contributed by atoms with Crippen molar-refractivity contribution in [3.63, 3.8) is 0 Å². The molecule has 0 bridgehead atoms. The molecule has 0 atom stereocenters. The smallest absolute Gasteiger partial charge is 0.305 e. The molecule has 0 aliphatic heterocycles. The lowest BCUT2D eigenvalue weighted by Crippen LogP contribution is -2.03. The first-order chi connectivity index (χ1) is 12.3. The van der Waals surface area contributed by atoms with Crippen LogP contribution in [0.4, 0.5) is 0 Å². The number of rotatable bonds is 20. The minimum absolute atomic E-state index is 0.174. The molecule has 0 aromatic heterocycles. The monoisotopic (exact) mass is 353 g/mol. The maximum absolute atomic E-state index is 10.9. The first-order valence-corrected chi connectivity index (χ1v) is 11.3. The summed E-state index contributed by atoms with van der Waals surface area (Å²) in [5.41, 5.74) is 0. The Morgan fingerprint density at radius 3 is 1.24 bits per heavy atom. The molecule has 0 aliphatic rings. The molecule has 0 spiro atoms. The first kappa shape index (κ1) is 24.5. The van der Waals surface area contributed by atoms with Crippen LogP contribution in [0.5, 0.6) is 0 Å². The molecule has 0 saturated heterocycles. The molecule has 0 aromatic carbocycles. The van der Waals surface area contributed by atoms with Gasteiger partial charge in [-0.2, -0.15) is 0 Å². The minimum atomic E-state index is -0.174. The van der Waals surface area contributed by atoms with Crippen molar-refractivity contribution in [2.75, 3.05) is 6.61 Å². The predicted molar refractivity (Wildman–Crippen MR) is 110 cm³/mol. The Morgan fingerprint density at radius 2 is 0.920 bits per heavy atom. The third-order valence-corrected chi connectivity index (χ3v) is 4.97. The van der Waals surface area contributed by atoms with E-state index in [1.54, 1.807) is 0 Å². The highest BCUT2D eigenvalue weighted by Crippen LogP contribution is 2.14. The molecular formula is C23H45O2. The van der Waals surface area contributed by atoms with E-state index < -0.39 is 0 Å². The van der Waals surface area contributed by atoms with Gasteiger partial charge in [-0.1, -0.05) is 116 Å². The molecule has 0 amide bonds. The Bertz CT molecular complexity index is 263. The zero-order chi connectivity index (χ0) is 18.4. The van der Waals surface area contributed by atoms with Gasteiger partial charge in [0.2, 0.25) is 0 Å². The van der Waals surface area contributed by atoms with Gasteiger partial charge < -0.3 is 4.74 Å². The van der Waals surface area contributed by atoms with Gasteiger partial charge in [0, 0.05) is 6.42 Å². The Morgan fingerprint density at radius 1 is 0.600 bits per heavy atom. The third-order valence-electron chi connectivity index (χ3n) is 4.97. The first-order valence-electron chi connectivity index (χ1n) is 11.3. The molecule has 0 aromatic rings. The van der Waals surface area contributed by atoms with Crippen molar-refractivity contribution in [2.45, 2.75) is 129 Å². The quantitative estimate of drug-likeness (QED) is 0.165. The number of ether oxygens (including phenoxy) is 1. The molecule has 0 unspecified atom stereocenters. The zero-order valence-electron chi connectivity index (χ0n) is 17.2. The number of carbonyl (C=O) groups excluding carboxylic acids is 1. The van der Waals surface area contributed by atoms with Crippen LogP contribution in [0, 0.1) is 6.92 Å². The van der Waals surface area contributed by atoms with Crippen molar-refractivity contribution < 1.29 is 9.53 Å². The maximum Gasteiger partial charge on any atom is 0.305 e. The van der Waals surface area contributed by atoms with E-state index in [0.29, 0.717) is 6.61 Å². The topological polar surface area (TPSA) is 26.3 Å². The lowest BCUT2D eigenvalue weighted by atomic mass is 10.0. The Labute approximate surface area is 158 Å². The highest BCUT2D eigenvalue weighted by Gasteiger charge is 1.98. The molecule has 0 saturated carbocycles. The Kier molecular flexibility index (Phi) is 21.1. The van der Waals surface area contributed by atoms with Crippen LogP contribution >= 0.6 is 0 Å². The van der Waals surface area contributed by atoms with Crippen molar-refractivity contribution in [1.29, 1.82) is 0 Å². The van der Waals surface area contributed by atoms with Crippen LogP contribution in [0.15, 0.2) is 0 Å². The number of hydrogen-bond acceptors (Lipinski definition) is 2. The second-order valence-corrected chi connectivity index (χ2v) is 7.48. The molecule has 0 N–H and O–H groups in total. The number of esters is 1. The summed E-state index contributed by atoms with van der Waals surface area (Å²) in [6.07, 6.45) is 25.0. The van der Waals surface area contributed by atoms with Crippen LogP contribution < -0.4 is 0 Å². The summed E-state index contributed by atoms with van der Waals surface area (Å²) in [6.45, 7) is 6.37. The lowest BCUT2D eigenvalue weighted by molar-refractivity contribution is -0.142. The number of hydrogen-bond donors (Lipinski definition) is 0. The summed E-state index contributed by atoms with van der Waals surface area (Å²) in [5, 5.41) is 0. The maximum atomic E-state index is 10.9. The van der Waals surface area contributed by atoms with Gasteiger partial charge in [0.1, 0.15) is 0 Å². The van der Waals surface area contributed by atoms with Gasteiger partial charge in [-0.15, -0.1) is 0 Å². The molecule has 0 aliphatic carbocycles. The molecular weight excluding hydrogens is 308 g/mol. The summed E-state index contributed by atoms with van der Waals surface area (Å²) < 4.78 is 5.02. The number of carbonyl (C=O) groups is 1. The highest BCUT2D eigenvalue weighted by molar-refractivity contribution is 5.69.